The predicted octanol–water partition coefficient (Wildman–Crippen LogP) is 3.12. The number of nitrogens with zero attached hydrogens (tertiary/aromatic N) is 2. The standard InChI is InChI=1S/C17H17N3O2/c1-13(18-12-14-8-4-2-5-9-14)16(20-22)17(21)19-15-10-6-3-7-11-15/h2-11,22H,12H2,1H3,(H,19,21)/b18-13?,20-16+. The topological polar surface area (TPSA) is 74.0 Å². The molecular formula is C17H17N3O2. The summed E-state index contributed by atoms with van der Waals surface area (Å²) in [5.74, 6) is -0.497. The van der Waals surface area contributed by atoms with E-state index in [0.717, 1.165) is 5.56 Å². The molecule has 5 heteroatoms. The van der Waals surface area contributed by atoms with Crippen molar-refractivity contribution >= 4 is 23.0 Å². The van der Waals surface area contributed by atoms with E-state index in [1.54, 1.807) is 19.1 Å². The molecule has 22 heavy (non-hydrogen) atoms. The van der Waals surface area contributed by atoms with E-state index in [4.69, 9.17) is 5.21 Å². The number of carbonyl (C=O) groups is 1. The van der Waals surface area contributed by atoms with Crippen LogP contribution in [0.15, 0.2) is 70.8 Å². The van der Waals surface area contributed by atoms with Crippen molar-refractivity contribution in [1.82, 2.24) is 0 Å². The summed E-state index contributed by atoms with van der Waals surface area (Å²) in [6, 6.07) is 18.6. The summed E-state index contributed by atoms with van der Waals surface area (Å²) in [7, 11) is 0. The van der Waals surface area contributed by atoms with E-state index in [2.05, 4.69) is 15.5 Å². The molecule has 2 aromatic rings. The van der Waals surface area contributed by atoms with Gasteiger partial charge in [-0.2, -0.15) is 0 Å². The number of anilines is 1. The Balaban J connectivity index is 2.05. The van der Waals surface area contributed by atoms with Crippen LogP contribution in [0.1, 0.15) is 12.5 Å². The van der Waals surface area contributed by atoms with Crippen LogP contribution in [0.2, 0.25) is 0 Å². The highest BCUT2D eigenvalue weighted by Crippen LogP contribution is 2.06. The first-order chi connectivity index (χ1) is 10.7. The van der Waals surface area contributed by atoms with Crippen LogP contribution >= 0.6 is 0 Å². The van der Waals surface area contributed by atoms with Crippen molar-refractivity contribution in [2.75, 3.05) is 5.32 Å². The smallest absolute Gasteiger partial charge is 0.279 e. The molecule has 0 heterocycles. The highest BCUT2D eigenvalue weighted by molar-refractivity contribution is 6.68. The largest absolute Gasteiger partial charge is 0.410 e. The summed E-state index contributed by atoms with van der Waals surface area (Å²) in [6.45, 7) is 2.06. The molecule has 2 aromatic carbocycles. The third kappa shape index (κ3) is 4.28. The summed E-state index contributed by atoms with van der Waals surface area (Å²) in [5, 5.41) is 14.8. The van der Waals surface area contributed by atoms with Crippen LogP contribution in [-0.4, -0.2) is 22.5 Å². The van der Waals surface area contributed by atoms with Gasteiger partial charge in [0.2, 0.25) is 0 Å². The quantitative estimate of drug-likeness (QED) is 0.505. The fourth-order valence-electron chi connectivity index (χ4n) is 1.86. The Labute approximate surface area is 129 Å². The molecule has 0 saturated carbocycles. The van der Waals surface area contributed by atoms with Gasteiger partial charge < -0.3 is 10.5 Å². The lowest BCUT2D eigenvalue weighted by molar-refractivity contribution is -0.110. The molecule has 0 aliphatic heterocycles. The molecule has 0 aliphatic rings. The Morgan fingerprint density at radius 3 is 2.23 bits per heavy atom. The van der Waals surface area contributed by atoms with E-state index in [0.29, 0.717) is 17.9 Å². The average Bonchev–Trinajstić information content (AvgIpc) is 2.55. The van der Waals surface area contributed by atoms with Gasteiger partial charge in [-0.3, -0.25) is 9.79 Å². The zero-order chi connectivity index (χ0) is 15.8. The minimum atomic E-state index is -0.497. The van der Waals surface area contributed by atoms with Gasteiger partial charge in [0.25, 0.3) is 5.91 Å². The Bertz CT molecular complexity index is 680. The Morgan fingerprint density at radius 2 is 1.64 bits per heavy atom. The lowest BCUT2D eigenvalue weighted by atomic mass is 10.2. The zero-order valence-corrected chi connectivity index (χ0v) is 12.2. The molecule has 2 N–H and O–H groups in total. The second-order valence-electron chi connectivity index (χ2n) is 4.66. The Morgan fingerprint density at radius 1 is 1.05 bits per heavy atom. The van der Waals surface area contributed by atoms with Crippen molar-refractivity contribution in [3.05, 3.63) is 66.2 Å². The molecule has 0 atom stereocenters. The van der Waals surface area contributed by atoms with Crippen molar-refractivity contribution < 1.29 is 10.0 Å². The molecule has 0 aromatic heterocycles. The van der Waals surface area contributed by atoms with Crippen molar-refractivity contribution in [2.24, 2.45) is 10.1 Å². The maximum Gasteiger partial charge on any atom is 0.279 e. The maximum atomic E-state index is 12.1. The van der Waals surface area contributed by atoms with Crippen molar-refractivity contribution in [2.45, 2.75) is 13.5 Å². The third-order valence-electron chi connectivity index (χ3n) is 3.03. The second-order valence-corrected chi connectivity index (χ2v) is 4.66. The first kappa shape index (κ1) is 15.4. The number of hydrogen-bond acceptors (Lipinski definition) is 4. The van der Waals surface area contributed by atoms with Gasteiger partial charge in [0.05, 0.1) is 12.3 Å². The maximum absolute atomic E-state index is 12.1. The minimum absolute atomic E-state index is 0.0974. The number of nitrogens with one attached hydrogen (secondary N) is 1. The van der Waals surface area contributed by atoms with Crippen LogP contribution in [0.4, 0.5) is 5.69 Å². The highest BCUT2D eigenvalue weighted by atomic mass is 16.4. The number of amides is 1. The molecule has 0 radical (unpaired) electrons. The summed E-state index contributed by atoms with van der Waals surface area (Å²) in [6.07, 6.45) is 0. The molecule has 0 saturated heterocycles. The van der Waals surface area contributed by atoms with Crippen molar-refractivity contribution in [3.63, 3.8) is 0 Å². The normalized spacial score (nSPS) is 12.0. The van der Waals surface area contributed by atoms with Crippen LogP contribution in [0.5, 0.6) is 0 Å². The Hall–Kier alpha value is -2.95. The number of benzene rings is 2. The fourth-order valence-corrected chi connectivity index (χ4v) is 1.86. The minimum Gasteiger partial charge on any atom is -0.410 e. The van der Waals surface area contributed by atoms with Crippen LogP contribution in [0.3, 0.4) is 0 Å². The molecule has 0 bridgehead atoms. The third-order valence-corrected chi connectivity index (χ3v) is 3.03. The van der Waals surface area contributed by atoms with E-state index in [1.807, 2.05) is 48.5 Å². The number of carbonyl (C=O) groups excluding carboxylic acids is 1. The molecule has 1 amide bonds. The van der Waals surface area contributed by atoms with Crippen LogP contribution in [-0.2, 0) is 11.3 Å². The Kier molecular flexibility index (Phi) is 5.43. The molecule has 0 unspecified atom stereocenters. The van der Waals surface area contributed by atoms with Crippen LogP contribution in [0.25, 0.3) is 0 Å². The van der Waals surface area contributed by atoms with Crippen LogP contribution in [0, 0.1) is 0 Å². The first-order valence-corrected chi connectivity index (χ1v) is 6.84. The lowest BCUT2D eigenvalue weighted by Gasteiger charge is -2.06. The van der Waals surface area contributed by atoms with Gasteiger partial charge in [-0.25, -0.2) is 0 Å². The fraction of sp³-hybridized carbons (Fsp3) is 0.118. The van der Waals surface area contributed by atoms with Gasteiger partial charge in [0, 0.05) is 5.69 Å². The summed E-state index contributed by atoms with van der Waals surface area (Å²) >= 11 is 0. The van der Waals surface area contributed by atoms with Gasteiger partial charge in [-0.05, 0) is 24.6 Å². The molecule has 2 rings (SSSR count). The average molecular weight is 295 g/mol. The molecule has 0 aliphatic carbocycles. The van der Waals surface area contributed by atoms with E-state index in [9.17, 15) is 4.79 Å². The number of rotatable bonds is 5. The van der Waals surface area contributed by atoms with Gasteiger partial charge in [-0.1, -0.05) is 53.7 Å². The molecule has 5 nitrogen and oxygen atoms in total. The van der Waals surface area contributed by atoms with E-state index in [1.165, 1.54) is 0 Å². The van der Waals surface area contributed by atoms with E-state index in [-0.39, 0.29) is 5.71 Å². The van der Waals surface area contributed by atoms with Crippen molar-refractivity contribution in [3.8, 4) is 0 Å². The monoisotopic (exact) mass is 295 g/mol. The van der Waals surface area contributed by atoms with E-state index >= 15 is 0 Å². The molecule has 0 spiro atoms. The van der Waals surface area contributed by atoms with Crippen LogP contribution < -0.4 is 5.32 Å². The number of aliphatic imine (C=N–C) groups is 1. The van der Waals surface area contributed by atoms with E-state index < -0.39 is 5.91 Å². The summed E-state index contributed by atoms with van der Waals surface area (Å²) in [5.41, 5.74) is 1.92. The highest BCUT2D eigenvalue weighted by Gasteiger charge is 2.15. The SMILES string of the molecule is CC(=NCc1ccccc1)/C(=N\O)C(=O)Nc1ccccc1. The van der Waals surface area contributed by atoms with Gasteiger partial charge in [0.15, 0.2) is 5.71 Å². The first-order valence-electron chi connectivity index (χ1n) is 6.84. The van der Waals surface area contributed by atoms with Crippen molar-refractivity contribution in [1.29, 1.82) is 0 Å². The van der Waals surface area contributed by atoms with Gasteiger partial charge in [0.1, 0.15) is 0 Å². The predicted molar refractivity (Wildman–Crippen MR) is 87.5 cm³/mol. The zero-order valence-electron chi connectivity index (χ0n) is 12.2. The molecular weight excluding hydrogens is 278 g/mol. The summed E-state index contributed by atoms with van der Waals surface area (Å²) < 4.78 is 0. The van der Waals surface area contributed by atoms with Gasteiger partial charge >= 0.3 is 0 Å². The number of para-hydroxylation sites is 1. The summed E-state index contributed by atoms with van der Waals surface area (Å²) in [4.78, 5) is 16.4. The second kappa shape index (κ2) is 7.73. The number of hydrogen-bond donors (Lipinski definition) is 2. The number of oxime groups is 1. The molecule has 112 valence electrons. The van der Waals surface area contributed by atoms with Gasteiger partial charge in [-0.15, -0.1) is 0 Å². The molecule has 0 fully saturated rings. The lowest BCUT2D eigenvalue weighted by Crippen LogP contribution is -2.28.